The summed E-state index contributed by atoms with van der Waals surface area (Å²) in [4.78, 5) is 0. The molecule has 1 atom stereocenters. The molecule has 0 aromatic rings. The van der Waals surface area contributed by atoms with Crippen molar-refractivity contribution < 1.29 is 4.74 Å². The van der Waals surface area contributed by atoms with Crippen molar-refractivity contribution >= 4 is 0 Å². The summed E-state index contributed by atoms with van der Waals surface area (Å²) in [6.07, 6.45) is 7.08. The summed E-state index contributed by atoms with van der Waals surface area (Å²) in [6, 6.07) is 0. The Hall–Kier alpha value is -0.0400. The molecule has 1 aliphatic carbocycles. The fourth-order valence-electron chi connectivity index (χ4n) is 1.71. The van der Waals surface area contributed by atoms with Gasteiger partial charge in [0.05, 0.1) is 12.7 Å². The maximum atomic E-state index is 5.79. The lowest BCUT2D eigenvalue weighted by Crippen LogP contribution is -2.34. The van der Waals surface area contributed by atoms with Crippen molar-refractivity contribution in [3.63, 3.8) is 0 Å². The Morgan fingerprint density at radius 1 is 1.33 bits per heavy atom. The van der Waals surface area contributed by atoms with Crippen LogP contribution in [0, 0.1) is 5.41 Å². The molecule has 0 aromatic heterocycles. The van der Waals surface area contributed by atoms with Crippen LogP contribution in [-0.4, -0.2) is 12.7 Å². The Balaban J connectivity index is 2.20. The minimum atomic E-state index is 0.453. The predicted octanol–water partition coefficient (Wildman–Crippen LogP) is 3.38. The van der Waals surface area contributed by atoms with Gasteiger partial charge in [-0.2, -0.15) is 0 Å². The van der Waals surface area contributed by atoms with Gasteiger partial charge in [0, 0.05) is 0 Å². The van der Waals surface area contributed by atoms with Crippen LogP contribution in [0.3, 0.4) is 0 Å². The van der Waals surface area contributed by atoms with Crippen LogP contribution in [-0.2, 0) is 4.74 Å². The third-order valence-electron chi connectivity index (χ3n) is 3.41. The second-order valence-electron chi connectivity index (χ2n) is 4.24. The topological polar surface area (TPSA) is 9.23 Å². The zero-order chi connectivity index (χ0) is 9.03. The van der Waals surface area contributed by atoms with Gasteiger partial charge in [-0.25, -0.2) is 0 Å². The Labute approximate surface area is 76.5 Å². The number of ether oxygens (including phenoxy) is 1. The van der Waals surface area contributed by atoms with Gasteiger partial charge in [-0.15, -0.1) is 0 Å². The minimum Gasteiger partial charge on any atom is -0.378 e. The minimum absolute atomic E-state index is 0.453. The van der Waals surface area contributed by atoms with Gasteiger partial charge < -0.3 is 4.74 Å². The highest BCUT2D eigenvalue weighted by Crippen LogP contribution is 2.44. The number of hydrogen-bond acceptors (Lipinski definition) is 1. The first-order chi connectivity index (χ1) is 5.72. The van der Waals surface area contributed by atoms with Crippen molar-refractivity contribution in [2.75, 3.05) is 6.61 Å². The van der Waals surface area contributed by atoms with Crippen LogP contribution in [0.5, 0.6) is 0 Å². The van der Waals surface area contributed by atoms with Crippen molar-refractivity contribution in [1.82, 2.24) is 0 Å². The zero-order valence-electron chi connectivity index (χ0n) is 8.73. The van der Waals surface area contributed by atoms with Gasteiger partial charge in [0.25, 0.3) is 0 Å². The molecule has 1 nitrogen and oxygen atoms in total. The van der Waals surface area contributed by atoms with E-state index in [4.69, 9.17) is 4.74 Å². The van der Waals surface area contributed by atoms with Gasteiger partial charge >= 0.3 is 0 Å². The van der Waals surface area contributed by atoms with Crippen LogP contribution < -0.4 is 0 Å². The third-order valence-corrected chi connectivity index (χ3v) is 3.41. The van der Waals surface area contributed by atoms with E-state index in [2.05, 4.69) is 20.8 Å². The molecule has 0 heterocycles. The van der Waals surface area contributed by atoms with E-state index in [-0.39, 0.29) is 0 Å². The SMILES string of the molecule is CCC(C)OCC1(CC)CCC1. The van der Waals surface area contributed by atoms with Crippen LogP contribution in [0.25, 0.3) is 0 Å². The smallest absolute Gasteiger partial charge is 0.0544 e. The molecule has 72 valence electrons. The van der Waals surface area contributed by atoms with E-state index in [1.807, 2.05) is 0 Å². The van der Waals surface area contributed by atoms with Crippen molar-refractivity contribution in [3.05, 3.63) is 0 Å². The average molecular weight is 170 g/mol. The van der Waals surface area contributed by atoms with Crippen LogP contribution in [0.2, 0.25) is 0 Å². The molecule has 0 radical (unpaired) electrons. The summed E-state index contributed by atoms with van der Waals surface area (Å²) in [5.41, 5.74) is 0.573. The van der Waals surface area contributed by atoms with Crippen LogP contribution in [0.1, 0.15) is 52.9 Å². The summed E-state index contributed by atoms with van der Waals surface area (Å²) in [6.45, 7) is 7.64. The highest BCUT2D eigenvalue weighted by Gasteiger charge is 2.35. The summed E-state index contributed by atoms with van der Waals surface area (Å²) in [5.74, 6) is 0. The summed E-state index contributed by atoms with van der Waals surface area (Å²) >= 11 is 0. The molecule has 0 spiro atoms. The first kappa shape index (κ1) is 10.0. The normalized spacial score (nSPS) is 23.2. The number of rotatable bonds is 5. The summed E-state index contributed by atoms with van der Waals surface area (Å²) in [5, 5.41) is 0. The molecule has 0 aliphatic heterocycles. The van der Waals surface area contributed by atoms with Gasteiger partial charge in [0.15, 0.2) is 0 Å². The Morgan fingerprint density at radius 2 is 2.00 bits per heavy atom. The maximum absolute atomic E-state index is 5.79. The summed E-state index contributed by atoms with van der Waals surface area (Å²) < 4.78 is 5.79. The molecule has 0 amide bonds. The van der Waals surface area contributed by atoms with Gasteiger partial charge in [-0.1, -0.05) is 20.3 Å². The molecule has 0 bridgehead atoms. The molecule has 0 N–H and O–H groups in total. The van der Waals surface area contributed by atoms with E-state index in [1.54, 1.807) is 0 Å². The molecule has 1 rings (SSSR count). The average Bonchev–Trinajstić information content (AvgIpc) is 2.03. The van der Waals surface area contributed by atoms with E-state index in [0.717, 1.165) is 13.0 Å². The zero-order valence-corrected chi connectivity index (χ0v) is 8.73. The second kappa shape index (κ2) is 4.27. The fourth-order valence-corrected chi connectivity index (χ4v) is 1.71. The second-order valence-corrected chi connectivity index (χ2v) is 4.24. The molecular formula is C11H22O. The van der Waals surface area contributed by atoms with E-state index >= 15 is 0 Å². The standard InChI is InChI=1S/C11H22O/c1-4-10(3)12-9-11(5-2)7-6-8-11/h10H,4-9H2,1-3H3. The van der Waals surface area contributed by atoms with Crippen molar-refractivity contribution in [2.45, 2.75) is 59.0 Å². The predicted molar refractivity (Wildman–Crippen MR) is 52.3 cm³/mol. The highest BCUT2D eigenvalue weighted by molar-refractivity contribution is 4.86. The van der Waals surface area contributed by atoms with Gasteiger partial charge in [0.1, 0.15) is 0 Å². The van der Waals surface area contributed by atoms with E-state index in [9.17, 15) is 0 Å². The first-order valence-corrected chi connectivity index (χ1v) is 5.34. The Kier molecular flexibility index (Phi) is 3.57. The van der Waals surface area contributed by atoms with E-state index in [0.29, 0.717) is 11.5 Å². The van der Waals surface area contributed by atoms with Crippen LogP contribution >= 0.6 is 0 Å². The van der Waals surface area contributed by atoms with Gasteiger partial charge in [-0.3, -0.25) is 0 Å². The molecule has 1 fully saturated rings. The highest BCUT2D eigenvalue weighted by atomic mass is 16.5. The molecule has 1 aliphatic rings. The quantitative estimate of drug-likeness (QED) is 0.614. The van der Waals surface area contributed by atoms with E-state index < -0.39 is 0 Å². The largest absolute Gasteiger partial charge is 0.378 e. The van der Waals surface area contributed by atoms with Gasteiger partial charge in [-0.05, 0) is 38.0 Å². The van der Waals surface area contributed by atoms with Crippen molar-refractivity contribution in [1.29, 1.82) is 0 Å². The molecule has 1 saturated carbocycles. The lowest BCUT2D eigenvalue weighted by Gasteiger charge is -2.41. The number of hydrogen-bond donors (Lipinski definition) is 0. The molecule has 12 heavy (non-hydrogen) atoms. The molecule has 0 aromatic carbocycles. The molecule has 1 heteroatoms. The van der Waals surface area contributed by atoms with Crippen LogP contribution in [0.15, 0.2) is 0 Å². The first-order valence-electron chi connectivity index (χ1n) is 5.34. The third kappa shape index (κ3) is 2.22. The van der Waals surface area contributed by atoms with Gasteiger partial charge in [0.2, 0.25) is 0 Å². The molecule has 0 saturated heterocycles. The van der Waals surface area contributed by atoms with Crippen molar-refractivity contribution in [3.8, 4) is 0 Å². The monoisotopic (exact) mass is 170 g/mol. The van der Waals surface area contributed by atoms with E-state index in [1.165, 1.54) is 25.7 Å². The maximum Gasteiger partial charge on any atom is 0.0544 e. The molecule has 1 unspecified atom stereocenters. The van der Waals surface area contributed by atoms with Crippen molar-refractivity contribution in [2.24, 2.45) is 5.41 Å². The lowest BCUT2D eigenvalue weighted by atomic mass is 9.68. The lowest BCUT2D eigenvalue weighted by molar-refractivity contribution is -0.0413. The van der Waals surface area contributed by atoms with Crippen LogP contribution in [0.4, 0.5) is 0 Å². The fraction of sp³-hybridized carbons (Fsp3) is 1.00. The Morgan fingerprint density at radius 3 is 2.33 bits per heavy atom. The Bertz CT molecular complexity index is 121. The molecular weight excluding hydrogens is 148 g/mol. The summed E-state index contributed by atoms with van der Waals surface area (Å²) in [7, 11) is 0.